The number of oxazole rings is 1. The van der Waals surface area contributed by atoms with Gasteiger partial charge in [-0.05, 0) is 18.6 Å². The summed E-state index contributed by atoms with van der Waals surface area (Å²) < 4.78 is 5.21. The number of hydrogen-bond donors (Lipinski definition) is 1. The number of aromatic nitrogens is 1. The van der Waals surface area contributed by atoms with Crippen molar-refractivity contribution in [2.24, 2.45) is 0 Å². The average molecular weight is 227 g/mol. The molecule has 15 heavy (non-hydrogen) atoms. The molecule has 1 aliphatic heterocycles. The van der Waals surface area contributed by atoms with Crippen molar-refractivity contribution in [2.75, 3.05) is 5.75 Å². The molecule has 1 N–H and O–H groups in total. The van der Waals surface area contributed by atoms with Crippen molar-refractivity contribution in [3.05, 3.63) is 17.3 Å². The van der Waals surface area contributed by atoms with Gasteiger partial charge in [0, 0.05) is 6.42 Å². The van der Waals surface area contributed by atoms with Crippen LogP contribution in [0.3, 0.4) is 0 Å². The van der Waals surface area contributed by atoms with Crippen LogP contribution >= 0.6 is 11.8 Å². The van der Waals surface area contributed by atoms with Gasteiger partial charge in [-0.1, -0.05) is 6.92 Å². The van der Waals surface area contributed by atoms with E-state index in [-0.39, 0.29) is 11.0 Å². The van der Waals surface area contributed by atoms with Crippen LogP contribution in [-0.2, 0) is 6.42 Å². The lowest BCUT2D eigenvalue weighted by atomic mass is 10.2. The maximum absolute atomic E-state index is 11.0. The van der Waals surface area contributed by atoms with Gasteiger partial charge < -0.3 is 9.52 Å². The van der Waals surface area contributed by atoms with E-state index in [1.807, 2.05) is 6.92 Å². The van der Waals surface area contributed by atoms with Gasteiger partial charge in [0.2, 0.25) is 5.76 Å². The third-order valence-corrected chi connectivity index (χ3v) is 3.81. The minimum absolute atomic E-state index is 0.0336. The molecule has 82 valence electrons. The Morgan fingerprint density at radius 2 is 2.53 bits per heavy atom. The van der Waals surface area contributed by atoms with Crippen LogP contribution < -0.4 is 0 Å². The van der Waals surface area contributed by atoms with E-state index in [2.05, 4.69) is 4.98 Å². The summed E-state index contributed by atoms with van der Waals surface area (Å²) in [5, 5.41) is 9.20. The Bertz CT molecular complexity index is 369. The van der Waals surface area contributed by atoms with E-state index in [0.717, 1.165) is 18.6 Å². The SMILES string of the molecule is CCc1nc(C2CCCS2)c(C(=O)O)o1. The van der Waals surface area contributed by atoms with Crippen molar-refractivity contribution in [1.29, 1.82) is 0 Å². The summed E-state index contributed by atoms with van der Waals surface area (Å²) in [5.41, 5.74) is 0.627. The molecular weight excluding hydrogens is 214 g/mol. The van der Waals surface area contributed by atoms with Crippen LogP contribution in [0.4, 0.5) is 0 Å². The number of aromatic carboxylic acids is 1. The number of carbonyl (C=O) groups is 1. The number of hydrogen-bond acceptors (Lipinski definition) is 4. The Kier molecular flexibility index (Phi) is 3.00. The molecule has 1 aromatic heterocycles. The van der Waals surface area contributed by atoms with Crippen molar-refractivity contribution < 1.29 is 14.3 Å². The molecule has 2 rings (SSSR count). The van der Waals surface area contributed by atoms with Gasteiger partial charge in [0.05, 0.1) is 5.25 Å². The Balaban J connectivity index is 2.34. The highest BCUT2D eigenvalue weighted by molar-refractivity contribution is 7.99. The summed E-state index contributed by atoms with van der Waals surface area (Å²) in [6, 6.07) is 0. The first kappa shape index (κ1) is 10.5. The summed E-state index contributed by atoms with van der Waals surface area (Å²) >= 11 is 1.77. The van der Waals surface area contributed by atoms with Gasteiger partial charge in [0.15, 0.2) is 5.89 Å². The fourth-order valence-corrected chi connectivity index (χ4v) is 2.96. The summed E-state index contributed by atoms with van der Waals surface area (Å²) in [7, 11) is 0. The van der Waals surface area contributed by atoms with E-state index in [4.69, 9.17) is 9.52 Å². The second-order valence-electron chi connectivity index (χ2n) is 3.48. The fraction of sp³-hybridized carbons (Fsp3) is 0.600. The first-order chi connectivity index (χ1) is 7.22. The van der Waals surface area contributed by atoms with Gasteiger partial charge in [-0.15, -0.1) is 0 Å². The molecule has 0 spiro atoms. The third kappa shape index (κ3) is 2.02. The van der Waals surface area contributed by atoms with E-state index >= 15 is 0 Å². The van der Waals surface area contributed by atoms with Crippen molar-refractivity contribution in [3.8, 4) is 0 Å². The first-order valence-electron chi connectivity index (χ1n) is 5.07. The normalized spacial score (nSPS) is 20.7. The second-order valence-corrected chi connectivity index (χ2v) is 4.79. The molecule has 0 aromatic carbocycles. The molecule has 0 amide bonds. The summed E-state index contributed by atoms with van der Waals surface area (Å²) in [5.74, 6) is 0.628. The van der Waals surface area contributed by atoms with Crippen LogP contribution in [0.15, 0.2) is 4.42 Å². The van der Waals surface area contributed by atoms with Crippen molar-refractivity contribution in [1.82, 2.24) is 4.98 Å². The molecule has 1 fully saturated rings. The van der Waals surface area contributed by atoms with E-state index in [1.165, 1.54) is 0 Å². The van der Waals surface area contributed by atoms with Crippen LogP contribution in [0.1, 0.15) is 47.2 Å². The number of rotatable bonds is 3. The summed E-state index contributed by atoms with van der Waals surface area (Å²) in [6.45, 7) is 1.91. The lowest BCUT2D eigenvalue weighted by Gasteiger charge is -2.03. The minimum atomic E-state index is -1.01. The number of carboxylic acid groups (broad SMARTS) is 1. The molecule has 1 aliphatic rings. The largest absolute Gasteiger partial charge is 0.475 e. The zero-order chi connectivity index (χ0) is 10.8. The zero-order valence-electron chi connectivity index (χ0n) is 8.52. The van der Waals surface area contributed by atoms with Crippen molar-refractivity contribution in [2.45, 2.75) is 31.4 Å². The monoisotopic (exact) mass is 227 g/mol. The predicted molar refractivity (Wildman–Crippen MR) is 57.3 cm³/mol. The summed E-state index contributed by atoms with van der Waals surface area (Å²) in [4.78, 5) is 15.2. The number of nitrogens with zero attached hydrogens (tertiary/aromatic N) is 1. The standard InChI is InChI=1S/C10H13NO3S/c1-2-7-11-8(6-4-3-5-15-6)9(14-7)10(12)13/h6H,2-5H2,1H3,(H,12,13). The molecule has 1 atom stereocenters. The molecule has 1 aromatic rings. The molecule has 0 radical (unpaired) electrons. The zero-order valence-corrected chi connectivity index (χ0v) is 9.34. The molecule has 0 saturated carbocycles. The highest BCUT2D eigenvalue weighted by Crippen LogP contribution is 2.40. The van der Waals surface area contributed by atoms with Crippen LogP contribution in [0.25, 0.3) is 0 Å². The Morgan fingerprint density at radius 3 is 3.07 bits per heavy atom. The lowest BCUT2D eigenvalue weighted by Crippen LogP contribution is -2.01. The van der Waals surface area contributed by atoms with Crippen LogP contribution in [-0.4, -0.2) is 21.8 Å². The molecule has 5 heteroatoms. The molecule has 1 unspecified atom stereocenters. The lowest BCUT2D eigenvalue weighted by molar-refractivity contribution is 0.0658. The Morgan fingerprint density at radius 1 is 1.73 bits per heavy atom. The fourth-order valence-electron chi connectivity index (χ4n) is 1.69. The predicted octanol–water partition coefficient (Wildman–Crippen LogP) is 2.50. The molecule has 4 nitrogen and oxygen atoms in total. The van der Waals surface area contributed by atoms with Gasteiger partial charge >= 0.3 is 5.97 Å². The Labute approximate surface area is 92.1 Å². The number of thioether (sulfide) groups is 1. The molecule has 0 bridgehead atoms. The number of carboxylic acids is 1. The molecule has 2 heterocycles. The van der Waals surface area contributed by atoms with Gasteiger partial charge in [-0.3, -0.25) is 0 Å². The van der Waals surface area contributed by atoms with Gasteiger partial charge in [-0.2, -0.15) is 11.8 Å². The minimum Gasteiger partial charge on any atom is -0.475 e. The van der Waals surface area contributed by atoms with E-state index < -0.39 is 5.97 Å². The first-order valence-corrected chi connectivity index (χ1v) is 6.11. The summed E-state index contributed by atoms with van der Waals surface area (Å²) in [6.07, 6.45) is 2.76. The van der Waals surface area contributed by atoms with Crippen LogP contribution in [0.2, 0.25) is 0 Å². The molecular formula is C10H13NO3S. The number of aryl methyl sites for hydroxylation is 1. The van der Waals surface area contributed by atoms with Gasteiger partial charge in [0.25, 0.3) is 0 Å². The highest BCUT2D eigenvalue weighted by Gasteiger charge is 2.28. The van der Waals surface area contributed by atoms with Crippen LogP contribution in [0.5, 0.6) is 0 Å². The van der Waals surface area contributed by atoms with Crippen molar-refractivity contribution in [3.63, 3.8) is 0 Å². The second kappa shape index (κ2) is 4.26. The van der Waals surface area contributed by atoms with E-state index in [1.54, 1.807) is 11.8 Å². The van der Waals surface area contributed by atoms with Gasteiger partial charge in [-0.25, -0.2) is 9.78 Å². The molecule has 0 aliphatic carbocycles. The average Bonchev–Trinajstić information content (AvgIpc) is 2.86. The van der Waals surface area contributed by atoms with E-state index in [0.29, 0.717) is 18.0 Å². The quantitative estimate of drug-likeness (QED) is 0.859. The maximum atomic E-state index is 11.0. The highest BCUT2D eigenvalue weighted by atomic mass is 32.2. The Hall–Kier alpha value is -0.970. The topological polar surface area (TPSA) is 63.3 Å². The smallest absolute Gasteiger partial charge is 0.373 e. The third-order valence-electron chi connectivity index (χ3n) is 2.43. The van der Waals surface area contributed by atoms with Gasteiger partial charge in [0.1, 0.15) is 5.69 Å². The van der Waals surface area contributed by atoms with Crippen LogP contribution in [0, 0.1) is 0 Å². The maximum Gasteiger partial charge on any atom is 0.373 e. The van der Waals surface area contributed by atoms with E-state index in [9.17, 15) is 4.79 Å². The molecule has 1 saturated heterocycles. The van der Waals surface area contributed by atoms with Crippen molar-refractivity contribution >= 4 is 17.7 Å².